The van der Waals surface area contributed by atoms with Crippen molar-refractivity contribution in [3.8, 4) is 0 Å². The van der Waals surface area contributed by atoms with E-state index in [9.17, 15) is 9.59 Å². The smallest absolute Gasteiger partial charge is 0.291 e. The van der Waals surface area contributed by atoms with Crippen molar-refractivity contribution in [2.75, 3.05) is 11.9 Å². The van der Waals surface area contributed by atoms with Crippen LogP contribution in [-0.4, -0.2) is 49.4 Å². The Kier molecular flexibility index (Phi) is 4.80. The van der Waals surface area contributed by atoms with Crippen LogP contribution in [0.2, 0.25) is 0 Å². The average molecular weight is 517 g/mol. The Bertz CT molecular complexity index is 1140. The van der Waals surface area contributed by atoms with Gasteiger partial charge in [-0.3, -0.25) is 14.5 Å². The number of nitrogens with one attached hydrogen (secondary N) is 1. The predicted molar refractivity (Wildman–Crippen MR) is 117 cm³/mol. The van der Waals surface area contributed by atoms with Gasteiger partial charge in [0.2, 0.25) is 5.82 Å². The van der Waals surface area contributed by atoms with Crippen LogP contribution in [0, 0.1) is 3.57 Å². The molecule has 2 aliphatic rings. The number of amides is 2. The zero-order valence-electron chi connectivity index (χ0n) is 16.3. The first-order valence-corrected chi connectivity index (χ1v) is 10.9. The summed E-state index contributed by atoms with van der Waals surface area (Å²) in [4.78, 5) is 31.7. The van der Waals surface area contributed by atoms with E-state index in [-0.39, 0.29) is 17.8 Å². The summed E-state index contributed by atoms with van der Waals surface area (Å²) >= 11 is 2.32. The van der Waals surface area contributed by atoms with Gasteiger partial charge in [0.15, 0.2) is 0 Å². The van der Waals surface area contributed by atoms with E-state index in [0.29, 0.717) is 13.0 Å². The quantitative estimate of drug-likeness (QED) is 0.535. The summed E-state index contributed by atoms with van der Waals surface area (Å²) < 4.78 is 4.78. The molecular weight excluding hydrogens is 497 g/mol. The summed E-state index contributed by atoms with van der Waals surface area (Å²) in [6.07, 6.45) is 3.80. The average Bonchev–Trinajstić information content (AvgIpc) is 3.44. The molecule has 9 nitrogen and oxygen atoms in total. The van der Waals surface area contributed by atoms with Crippen molar-refractivity contribution in [2.45, 2.75) is 37.9 Å². The number of hydrogen-bond acceptors (Lipinski definition) is 5. The lowest BCUT2D eigenvalue weighted by Gasteiger charge is -2.20. The number of benzene rings is 1. The van der Waals surface area contributed by atoms with E-state index in [0.717, 1.165) is 24.5 Å². The fourth-order valence-electron chi connectivity index (χ4n) is 4.15. The summed E-state index contributed by atoms with van der Waals surface area (Å²) in [7, 11) is 1.69. The van der Waals surface area contributed by atoms with E-state index in [2.05, 4.69) is 55.2 Å². The van der Waals surface area contributed by atoms with Gasteiger partial charge in [-0.2, -0.15) is 5.10 Å². The Hall–Kier alpha value is -2.76. The van der Waals surface area contributed by atoms with Gasteiger partial charge >= 0.3 is 0 Å². The molecule has 0 saturated heterocycles. The van der Waals surface area contributed by atoms with Crippen molar-refractivity contribution in [1.29, 1.82) is 0 Å². The molecule has 154 valence electrons. The number of halogens is 1. The van der Waals surface area contributed by atoms with Crippen molar-refractivity contribution in [3.63, 3.8) is 0 Å². The number of carbonyl (C=O) groups is 2. The first-order chi connectivity index (χ1) is 14.5. The normalized spacial score (nSPS) is 20.6. The monoisotopic (exact) mass is 517 g/mol. The highest BCUT2D eigenvalue weighted by molar-refractivity contribution is 14.1. The van der Waals surface area contributed by atoms with Crippen LogP contribution in [0.15, 0.2) is 36.5 Å². The van der Waals surface area contributed by atoms with E-state index in [1.54, 1.807) is 24.0 Å². The number of anilines is 1. The molecule has 0 spiro atoms. The molecule has 10 heteroatoms. The molecule has 1 aromatic carbocycles. The maximum absolute atomic E-state index is 12.9. The summed E-state index contributed by atoms with van der Waals surface area (Å²) in [6, 6.07) is 9.39. The number of likely N-dealkylation sites (N-methyl/N-ethyl adjacent to an activating group) is 1. The van der Waals surface area contributed by atoms with Crippen LogP contribution in [0.1, 0.15) is 40.9 Å². The first-order valence-electron chi connectivity index (χ1n) is 9.83. The van der Waals surface area contributed by atoms with Crippen LogP contribution in [0.4, 0.5) is 5.82 Å². The molecule has 30 heavy (non-hydrogen) atoms. The van der Waals surface area contributed by atoms with Gasteiger partial charge in [0.05, 0.1) is 12.2 Å². The van der Waals surface area contributed by atoms with Crippen LogP contribution in [0.3, 0.4) is 0 Å². The minimum Gasteiger partial charge on any atom is -0.337 e. The molecule has 3 aromatic rings. The van der Waals surface area contributed by atoms with Crippen molar-refractivity contribution in [3.05, 3.63) is 57.3 Å². The highest BCUT2D eigenvalue weighted by Crippen LogP contribution is 2.32. The van der Waals surface area contributed by atoms with Crippen molar-refractivity contribution >= 4 is 40.2 Å². The summed E-state index contributed by atoms with van der Waals surface area (Å²) in [5, 5.41) is 11.6. The van der Waals surface area contributed by atoms with Gasteiger partial charge < -0.3 is 5.32 Å². The summed E-state index contributed by atoms with van der Waals surface area (Å²) in [6.45, 7) is 0.547. The van der Waals surface area contributed by atoms with Crippen molar-refractivity contribution < 1.29 is 9.59 Å². The molecule has 2 aromatic heterocycles. The third kappa shape index (κ3) is 3.18. The number of carbonyl (C=O) groups excluding carboxylic acids is 2. The van der Waals surface area contributed by atoms with E-state index >= 15 is 0 Å². The lowest BCUT2D eigenvalue weighted by Crippen LogP contribution is -2.47. The Morgan fingerprint density at radius 2 is 2.07 bits per heavy atom. The molecule has 1 N–H and O–H groups in total. The van der Waals surface area contributed by atoms with Crippen LogP contribution in [0.5, 0.6) is 0 Å². The Morgan fingerprint density at radius 1 is 1.23 bits per heavy atom. The van der Waals surface area contributed by atoms with Gasteiger partial charge in [0.1, 0.15) is 17.7 Å². The second kappa shape index (κ2) is 7.49. The number of nitrogens with zero attached hydrogens (tertiary/aromatic N) is 6. The molecule has 4 heterocycles. The van der Waals surface area contributed by atoms with Gasteiger partial charge in [-0.05, 0) is 47.1 Å². The number of aromatic nitrogens is 5. The van der Waals surface area contributed by atoms with Crippen LogP contribution >= 0.6 is 22.6 Å². The fourth-order valence-corrected chi connectivity index (χ4v) is 4.90. The maximum atomic E-state index is 12.9. The Labute approximate surface area is 186 Å². The number of fused-ring (bicyclic) bond motifs is 2. The maximum Gasteiger partial charge on any atom is 0.291 e. The van der Waals surface area contributed by atoms with E-state index in [1.165, 1.54) is 14.0 Å². The second-order valence-corrected chi connectivity index (χ2v) is 8.66. The molecule has 0 aliphatic carbocycles. The lowest BCUT2D eigenvalue weighted by molar-refractivity contribution is -0.120. The van der Waals surface area contributed by atoms with Crippen LogP contribution in [0.25, 0.3) is 0 Å². The zero-order valence-corrected chi connectivity index (χ0v) is 18.5. The van der Waals surface area contributed by atoms with Gasteiger partial charge in [0, 0.05) is 29.6 Å². The SMILES string of the molecule is CN1C(=O)[C@@H](NC(=O)c2nc3n(n2)[C@@H](c2ccccc2I)CC3)CCn2nccc21. The molecule has 5 rings (SSSR count). The number of aryl methyl sites for hydroxylation is 2. The highest BCUT2D eigenvalue weighted by Gasteiger charge is 2.33. The van der Waals surface area contributed by atoms with Crippen LogP contribution < -0.4 is 10.2 Å². The minimum absolute atomic E-state index is 0.0739. The standard InChI is InChI=1S/C20H20IN7O2/c1-26-17-8-10-22-27(17)11-9-14(20(26)30)23-19(29)18-24-16-7-6-15(28(16)25-18)12-4-2-3-5-13(12)21/h2-5,8,10,14-15H,6-7,9,11H2,1H3,(H,23,29)/t14-,15+/m0/s1. The zero-order chi connectivity index (χ0) is 20.8. The molecular formula is C20H20IN7O2. The molecule has 0 unspecified atom stereocenters. The van der Waals surface area contributed by atoms with E-state index < -0.39 is 11.9 Å². The third-order valence-corrected chi connectivity index (χ3v) is 6.69. The molecule has 2 aliphatic heterocycles. The molecule has 0 saturated carbocycles. The first kappa shape index (κ1) is 19.2. The number of rotatable bonds is 3. The third-order valence-electron chi connectivity index (χ3n) is 5.71. The Morgan fingerprint density at radius 3 is 2.90 bits per heavy atom. The van der Waals surface area contributed by atoms with Gasteiger partial charge in [-0.15, -0.1) is 5.10 Å². The molecule has 0 bridgehead atoms. The summed E-state index contributed by atoms with van der Waals surface area (Å²) in [5.41, 5.74) is 1.18. The largest absolute Gasteiger partial charge is 0.337 e. The van der Waals surface area contributed by atoms with Gasteiger partial charge in [-0.1, -0.05) is 18.2 Å². The molecule has 2 amide bonds. The van der Waals surface area contributed by atoms with E-state index in [4.69, 9.17) is 0 Å². The van der Waals surface area contributed by atoms with Gasteiger partial charge in [0.25, 0.3) is 11.8 Å². The van der Waals surface area contributed by atoms with Crippen molar-refractivity contribution in [1.82, 2.24) is 29.9 Å². The van der Waals surface area contributed by atoms with Crippen LogP contribution in [-0.2, 0) is 17.8 Å². The minimum atomic E-state index is -0.645. The second-order valence-electron chi connectivity index (χ2n) is 7.50. The topological polar surface area (TPSA) is 97.9 Å². The highest BCUT2D eigenvalue weighted by atomic mass is 127. The predicted octanol–water partition coefficient (Wildman–Crippen LogP) is 1.78. The van der Waals surface area contributed by atoms with E-state index in [1.807, 2.05) is 16.8 Å². The fraction of sp³-hybridized carbons (Fsp3) is 0.350. The molecule has 2 atom stereocenters. The Balaban J connectivity index is 1.35. The molecule has 0 radical (unpaired) electrons. The lowest BCUT2D eigenvalue weighted by atomic mass is 10.1. The van der Waals surface area contributed by atoms with Gasteiger partial charge in [-0.25, -0.2) is 14.3 Å². The molecule has 0 fully saturated rings. The summed E-state index contributed by atoms with van der Waals surface area (Å²) in [5.74, 6) is 1.03. The number of hydrogen-bond donors (Lipinski definition) is 1. The van der Waals surface area contributed by atoms with Crippen molar-refractivity contribution in [2.24, 2.45) is 0 Å².